The zero-order valence-corrected chi connectivity index (χ0v) is 19.0. The summed E-state index contributed by atoms with van der Waals surface area (Å²) in [6.45, 7) is 1.54. The van der Waals surface area contributed by atoms with Gasteiger partial charge in [0.25, 0.3) is 0 Å². The molecule has 2 aromatic heterocycles. The Bertz CT molecular complexity index is 1210. The average Bonchev–Trinajstić information content (AvgIpc) is 3.22. The number of nitrogens with two attached hydrogens (primary N) is 1. The molecule has 0 atom stereocenters. The minimum absolute atomic E-state index is 0.00975. The van der Waals surface area contributed by atoms with Gasteiger partial charge in [-0.15, -0.1) is 0 Å². The van der Waals surface area contributed by atoms with Crippen LogP contribution in [-0.2, 0) is 11.8 Å². The second-order valence-electron chi connectivity index (χ2n) is 8.16. The van der Waals surface area contributed by atoms with Gasteiger partial charge in [0.1, 0.15) is 5.82 Å². The van der Waals surface area contributed by atoms with Gasteiger partial charge in [-0.25, -0.2) is 9.97 Å². The minimum atomic E-state index is -0.00975. The molecule has 1 fully saturated rings. The van der Waals surface area contributed by atoms with Crippen molar-refractivity contribution in [3.63, 3.8) is 0 Å². The summed E-state index contributed by atoms with van der Waals surface area (Å²) in [5, 5.41) is 10.7. The van der Waals surface area contributed by atoms with Gasteiger partial charge in [-0.2, -0.15) is 5.10 Å². The van der Waals surface area contributed by atoms with Gasteiger partial charge in [-0.05, 0) is 24.5 Å². The Morgan fingerprint density at radius 3 is 2.67 bits per heavy atom. The maximum atomic E-state index is 11.3. The Morgan fingerprint density at radius 2 is 2.00 bits per heavy atom. The van der Waals surface area contributed by atoms with Crippen LogP contribution in [0, 0.1) is 0 Å². The molecule has 33 heavy (non-hydrogen) atoms. The number of carbonyl (C=O) groups is 1. The van der Waals surface area contributed by atoms with Gasteiger partial charge < -0.3 is 16.4 Å². The molecule has 0 unspecified atom stereocenters. The zero-order valence-electron chi connectivity index (χ0n) is 19.0. The van der Waals surface area contributed by atoms with E-state index in [1.165, 1.54) is 13.1 Å². The van der Waals surface area contributed by atoms with Crippen molar-refractivity contribution in [2.24, 2.45) is 17.8 Å². The van der Waals surface area contributed by atoms with Crippen molar-refractivity contribution in [2.75, 3.05) is 12.4 Å². The van der Waals surface area contributed by atoms with Crippen LogP contribution in [0.2, 0.25) is 0 Å². The van der Waals surface area contributed by atoms with Gasteiger partial charge >= 0.3 is 0 Å². The Hall–Kier alpha value is -4.01. The van der Waals surface area contributed by atoms with E-state index in [0.29, 0.717) is 11.6 Å². The Morgan fingerprint density at radius 1 is 1.21 bits per heavy atom. The lowest BCUT2D eigenvalue weighted by molar-refractivity contribution is -0.120. The van der Waals surface area contributed by atoms with Gasteiger partial charge in [-0.3, -0.25) is 14.5 Å². The summed E-state index contributed by atoms with van der Waals surface area (Å²) in [5.74, 6) is 1.29. The third-order valence-electron chi connectivity index (χ3n) is 5.59. The number of hydrogen-bond acceptors (Lipinski definition) is 7. The van der Waals surface area contributed by atoms with Gasteiger partial charge in [0.2, 0.25) is 5.91 Å². The third-order valence-corrected chi connectivity index (χ3v) is 5.59. The highest BCUT2D eigenvalue weighted by molar-refractivity contribution is 6.11. The van der Waals surface area contributed by atoms with E-state index in [2.05, 4.69) is 31.8 Å². The van der Waals surface area contributed by atoms with Crippen LogP contribution < -0.4 is 16.4 Å². The fraction of sp³-hybridized carbons (Fsp3) is 0.292. The standard InChI is InChI=1S/C24H28N8O/c1-15(33)29-20-8-21(9-20)30-24-22(18(10-25)11-26-2)13-27-23(31-24)17-6-4-5-16(7-17)19-12-28-32(3)14-19/h4-7,10-14,20-21H,8-9,25H2,1-3H3,(H,29,33)(H,27,30,31). The number of aryl methyl sites for hydroxylation is 1. The molecule has 9 heteroatoms. The normalized spacial score (nSPS) is 18.2. The van der Waals surface area contributed by atoms with Crippen molar-refractivity contribution in [3.05, 3.63) is 54.6 Å². The van der Waals surface area contributed by atoms with Crippen LogP contribution in [-0.4, -0.2) is 51.0 Å². The summed E-state index contributed by atoms with van der Waals surface area (Å²) < 4.78 is 1.78. The molecule has 0 bridgehead atoms. The first-order valence-corrected chi connectivity index (χ1v) is 10.8. The number of aliphatic imine (C=N–C) groups is 1. The number of amides is 1. The lowest BCUT2D eigenvalue weighted by atomic mass is 9.86. The highest BCUT2D eigenvalue weighted by atomic mass is 16.1. The van der Waals surface area contributed by atoms with Crippen molar-refractivity contribution in [3.8, 4) is 22.5 Å². The highest BCUT2D eigenvalue weighted by Crippen LogP contribution is 2.30. The van der Waals surface area contributed by atoms with E-state index in [-0.39, 0.29) is 18.0 Å². The number of allylic oxidation sites excluding steroid dienone is 1. The van der Waals surface area contributed by atoms with Crippen molar-refractivity contribution >= 4 is 23.5 Å². The molecule has 4 rings (SSSR count). The minimum Gasteiger partial charge on any atom is -0.404 e. The van der Waals surface area contributed by atoms with Crippen LogP contribution in [0.3, 0.4) is 0 Å². The summed E-state index contributed by atoms with van der Waals surface area (Å²) in [6, 6.07) is 8.45. The fourth-order valence-corrected chi connectivity index (χ4v) is 3.93. The lowest BCUT2D eigenvalue weighted by Crippen LogP contribution is -2.49. The number of nitrogens with zero attached hydrogens (tertiary/aromatic N) is 5. The molecule has 1 amide bonds. The van der Waals surface area contributed by atoms with Crippen molar-refractivity contribution in [1.82, 2.24) is 25.1 Å². The second kappa shape index (κ2) is 9.64. The van der Waals surface area contributed by atoms with Crippen LogP contribution in [0.4, 0.5) is 5.82 Å². The predicted molar refractivity (Wildman–Crippen MR) is 130 cm³/mol. The Balaban J connectivity index is 1.65. The van der Waals surface area contributed by atoms with E-state index in [0.717, 1.165) is 40.7 Å². The molecule has 170 valence electrons. The molecule has 0 saturated heterocycles. The zero-order chi connectivity index (χ0) is 23.4. The maximum absolute atomic E-state index is 11.3. The number of rotatable bonds is 7. The summed E-state index contributed by atoms with van der Waals surface area (Å²) in [4.78, 5) is 24.9. The molecular formula is C24H28N8O. The quantitative estimate of drug-likeness (QED) is 0.482. The third kappa shape index (κ3) is 5.08. The molecule has 3 aromatic rings. The molecule has 2 heterocycles. The van der Waals surface area contributed by atoms with Crippen LogP contribution in [0.1, 0.15) is 25.3 Å². The molecular weight excluding hydrogens is 416 g/mol. The van der Waals surface area contributed by atoms with E-state index in [4.69, 9.17) is 10.7 Å². The molecule has 0 spiro atoms. The number of benzene rings is 1. The van der Waals surface area contributed by atoms with Crippen LogP contribution in [0.25, 0.3) is 28.1 Å². The summed E-state index contributed by atoms with van der Waals surface area (Å²) in [6.07, 6.45) is 10.4. The number of anilines is 1. The maximum Gasteiger partial charge on any atom is 0.217 e. The predicted octanol–water partition coefficient (Wildman–Crippen LogP) is 2.62. The first-order chi connectivity index (χ1) is 16.0. The molecule has 1 saturated carbocycles. The van der Waals surface area contributed by atoms with Crippen molar-refractivity contribution in [1.29, 1.82) is 0 Å². The lowest BCUT2D eigenvalue weighted by Gasteiger charge is -2.36. The van der Waals surface area contributed by atoms with E-state index < -0.39 is 0 Å². The summed E-state index contributed by atoms with van der Waals surface area (Å²) >= 11 is 0. The summed E-state index contributed by atoms with van der Waals surface area (Å²) in [7, 11) is 3.59. The van der Waals surface area contributed by atoms with E-state index in [1.807, 2.05) is 37.6 Å². The Kier molecular flexibility index (Phi) is 6.48. The fourth-order valence-electron chi connectivity index (χ4n) is 3.93. The largest absolute Gasteiger partial charge is 0.404 e. The van der Waals surface area contributed by atoms with E-state index in [1.54, 1.807) is 24.1 Å². The molecule has 0 radical (unpaired) electrons. The molecule has 1 aromatic carbocycles. The first kappa shape index (κ1) is 22.2. The smallest absolute Gasteiger partial charge is 0.217 e. The SMILES string of the molecule is CN=CC(=CN)c1cnc(-c2cccc(-c3cnn(C)c3)c2)nc1NC1CC(NC(C)=O)C1. The number of nitrogens with one attached hydrogen (secondary N) is 2. The van der Waals surface area contributed by atoms with E-state index in [9.17, 15) is 4.79 Å². The van der Waals surface area contributed by atoms with Crippen LogP contribution in [0.5, 0.6) is 0 Å². The highest BCUT2D eigenvalue weighted by Gasteiger charge is 2.30. The van der Waals surface area contributed by atoms with Gasteiger partial charge in [0.15, 0.2) is 5.82 Å². The van der Waals surface area contributed by atoms with Gasteiger partial charge in [0, 0.05) is 80.2 Å². The molecule has 1 aliphatic carbocycles. The number of hydrogen-bond donors (Lipinski definition) is 3. The second-order valence-corrected chi connectivity index (χ2v) is 8.16. The van der Waals surface area contributed by atoms with Gasteiger partial charge in [0.05, 0.1) is 6.20 Å². The molecule has 1 aliphatic rings. The average molecular weight is 445 g/mol. The topological polar surface area (TPSA) is 123 Å². The van der Waals surface area contributed by atoms with E-state index >= 15 is 0 Å². The van der Waals surface area contributed by atoms with Crippen molar-refractivity contribution in [2.45, 2.75) is 31.8 Å². The number of carbonyl (C=O) groups excluding carboxylic acids is 1. The van der Waals surface area contributed by atoms with Crippen LogP contribution in [0.15, 0.2) is 54.0 Å². The van der Waals surface area contributed by atoms with Gasteiger partial charge in [-0.1, -0.05) is 18.2 Å². The van der Waals surface area contributed by atoms with Crippen LogP contribution >= 0.6 is 0 Å². The Labute approximate surface area is 192 Å². The molecule has 4 N–H and O–H groups in total. The summed E-state index contributed by atoms with van der Waals surface area (Å²) in [5.41, 5.74) is 10.3. The first-order valence-electron chi connectivity index (χ1n) is 10.8. The number of aromatic nitrogens is 4. The monoisotopic (exact) mass is 444 g/mol. The molecule has 9 nitrogen and oxygen atoms in total. The van der Waals surface area contributed by atoms with Crippen molar-refractivity contribution < 1.29 is 4.79 Å². The molecule has 0 aliphatic heterocycles.